The van der Waals surface area contributed by atoms with E-state index in [9.17, 15) is 23.3 Å². The smallest absolute Gasteiger partial charge is 0.410 e. The number of nitro benzene ring substituents is 1. The van der Waals surface area contributed by atoms with Gasteiger partial charge >= 0.3 is 6.09 Å². The number of halogens is 1. The number of carbonyl (C=O) groups excluding carboxylic acids is 1. The molecule has 0 aliphatic carbocycles. The van der Waals surface area contributed by atoms with Crippen LogP contribution in [0.3, 0.4) is 0 Å². The Kier molecular flexibility index (Phi) is 5.09. The Bertz CT molecular complexity index is 838. The Balaban J connectivity index is 1.73. The fourth-order valence-corrected chi connectivity index (χ4v) is 4.94. The fraction of sp³-hybridized carbons (Fsp3) is 0.533. The zero-order chi connectivity index (χ0) is 19.1. The van der Waals surface area contributed by atoms with E-state index in [1.54, 1.807) is 4.90 Å². The van der Waals surface area contributed by atoms with Gasteiger partial charge in [0.1, 0.15) is 11.1 Å². The van der Waals surface area contributed by atoms with Gasteiger partial charge in [-0.05, 0) is 31.9 Å². The SMILES string of the molecule is CC1CN(C2CCN(S(=O)(=O)c3ccc(Cl)c([N+](=O)[O-])c3)CC2)C(=O)O1. The molecule has 11 heteroatoms. The van der Waals surface area contributed by atoms with E-state index in [1.807, 2.05) is 6.92 Å². The lowest BCUT2D eigenvalue weighted by Crippen LogP contribution is -2.47. The average molecular weight is 404 g/mol. The normalized spacial score (nSPS) is 22.5. The van der Waals surface area contributed by atoms with E-state index in [4.69, 9.17) is 16.3 Å². The number of hydrogen-bond acceptors (Lipinski definition) is 6. The summed E-state index contributed by atoms with van der Waals surface area (Å²) in [6.45, 7) is 2.76. The molecule has 2 saturated heterocycles. The number of ether oxygens (including phenoxy) is 1. The van der Waals surface area contributed by atoms with Crippen LogP contribution in [0.2, 0.25) is 5.02 Å². The molecule has 2 heterocycles. The molecule has 0 saturated carbocycles. The minimum absolute atomic E-state index is 0.0709. The maximum atomic E-state index is 12.8. The second-order valence-corrected chi connectivity index (χ2v) is 8.70. The summed E-state index contributed by atoms with van der Waals surface area (Å²) in [5.74, 6) is 0. The first kappa shape index (κ1) is 18.9. The molecule has 0 aromatic heterocycles. The number of nitro groups is 1. The van der Waals surface area contributed by atoms with Crippen LogP contribution in [0.15, 0.2) is 23.1 Å². The number of rotatable bonds is 4. The first-order chi connectivity index (χ1) is 12.2. The van der Waals surface area contributed by atoms with Crippen LogP contribution < -0.4 is 0 Å². The Labute approximate surface area is 155 Å². The summed E-state index contributed by atoms with van der Waals surface area (Å²) in [6.07, 6.45) is 0.430. The van der Waals surface area contributed by atoms with E-state index in [0.29, 0.717) is 19.4 Å². The highest BCUT2D eigenvalue weighted by atomic mass is 35.5. The molecule has 0 radical (unpaired) electrons. The lowest BCUT2D eigenvalue weighted by molar-refractivity contribution is -0.384. The third-order valence-electron chi connectivity index (χ3n) is 4.61. The van der Waals surface area contributed by atoms with Gasteiger partial charge in [-0.2, -0.15) is 4.31 Å². The van der Waals surface area contributed by atoms with Crippen molar-refractivity contribution < 1.29 is 22.9 Å². The summed E-state index contributed by atoms with van der Waals surface area (Å²) in [5, 5.41) is 10.9. The molecule has 9 nitrogen and oxygen atoms in total. The number of carbonyl (C=O) groups is 1. The van der Waals surface area contributed by atoms with Gasteiger partial charge in [0, 0.05) is 25.2 Å². The van der Waals surface area contributed by atoms with Gasteiger partial charge in [0.25, 0.3) is 5.69 Å². The van der Waals surface area contributed by atoms with Crippen molar-refractivity contribution >= 4 is 33.4 Å². The molecule has 1 atom stereocenters. The van der Waals surface area contributed by atoms with E-state index in [0.717, 1.165) is 6.07 Å². The molecule has 1 aromatic rings. The van der Waals surface area contributed by atoms with Crippen LogP contribution in [0.1, 0.15) is 19.8 Å². The van der Waals surface area contributed by atoms with E-state index in [1.165, 1.54) is 16.4 Å². The monoisotopic (exact) mass is 403 g/mol. The summed E-state index contributed by atoms with van der Waals surface area (Å²) in [6, 6.07) is 3.37. The summed E-state index contributed by atoms with van der Waals surface area (Å²) in [7, 11) is -3.87. The molecule has 0 N–H and O–H groups in total. The highest BCUT2D eigenvalue weighted by Crippen LogP contribution is 2.30. The molecule has 1 unspecified atom stereocenters. The Hall–Kier alpha value is -1.91. The van der Waals surface area contributed by atoms with Crippen LogP contribution in [-0.4, -0.2) is 60.4 Å². The first-order valence-electron chi connectivity index (χ1n) is 8.11. The maximum absolute atomic E-state index is 12.8. The zero-order valence-corrected chi connectivity index (χ0v) is 15.6. The van der Waals surface area contributed by atoms with Crippen molar-refractivity contribution in [3.05, 3.63) is 33.3 Å². The number of amides is 1. The molecule has 2 fully saturated rings. The van der Waals surface area contributed by atoms with Gasteiger partial charge in [-0.1, -0.05) is 11.6 Å². The number of nitrogens with zero attached hydrogens (tertiary/aromatic N) is 3. The molecule has 2 aliphatic rings. The van der Waals surface area contributed by atoms with Crippen LogP contribution in [0.5, 0.6) is 0 Å². The lowest BCUT2D eigenvalue weighted by Gasteiger charge is -2.34. The van der Waals surface area contributed by atoms with Gasteiger partial charge in [-0.3, -0.25) is 10.1 Å². The lowest BCUT2D eigenvalue weighted by atomic mass is 10.1. The predicted octanol–water partition coefficient (Wildman–Crippen LogP) is 2.24. The molecule has 0 bridgehead atoms. The third kappa shape index (κ3) is 3.49. The van der Waals surface area contributed by atoms with Crippen molar-refractivity contribution in [2.24, 2.45) is 0 Å². The summed E-state index contributed by atoms with van der Waals surface area (Å²) >= 11 is 5.74. The standard InChI is InChI=1S/C15H18ClN3O6S/c1-10-9-18(15(20)25-10)11-4-6-17(7-5-11)26(23,24)12-2-3-13(16)14(8-12)19(21)22/h2-3,8,10-11H,4-7,9H2,1H3. The largest absolute Gasteiger partial charge is 0.444 e. The Morgan fingerprint density at radius 1 is 1.31 bits per heavy atom. The quantitative estimate of drug-likeness (QED) is 0.563. The minimum Gasteiger partial charge on any atom is -0.444 e. The molecular weight excluding hydrogens is 386 g/mol. The predicted molar refractivity (Wildman–Crippen MR) is 92.5 cm³/mol. The van der Waals surface area contributed by atoms with Gasteiger partial charge in [0.05, 0.1) is 16.4 Å². The van der Waals surface area contributed by atoms with Crippen LogP contribution in [0.25, 0.3) is 0 Å². The van der Waals surface area contributed by atoms with Crippen molar-refractivity contribution in [3.8, 4) is 0 Å². The second kappa shape index (κ2) is 7.01. The maximum Gasteiger partial charge on any atom is 0.410 e. The number of cyclic esters (lactones) is 1. The molecule has 26 heavy (non-hydrogen) atoms. The van der Waals surface area contributed by atoms with Crippen LogP contribution >= 0.6 is 11.6 Å². The van der Waals surface area contributed by atoms with Gasteiger partial charge in [0.15, 0.2) is 0 Å². The minimum atomic E-state index is -3.87. The zero-order valence-electron chi connectivity index (χ0n) is 14.0. The van der Waals surface area contributed by atoms with E-state index in [-0.39, 0.29) is 41.2 Å². The number of sulfonamides is 1. The summed E-state index contributed by atoms with van der Waals surface area (Å²) in [5.41, 5.74) is -0.448. The van der Waals surface area contributed by atoms with E-state index < -0.39 is 20.6 Å². The number of benzene rings is 1. The molecule has 3 rings (SSSR count). The molecule has 142 valence electrons. The fourth-order valence-electron chi connectivity index (χ4n) is 3.26. The third-order valence-corrected chi connectivity index (χ3v) is 6.82. The molecule has 2 aliphatic heterocycles. The van der Waals surface area contributed by atoms with E-state index in [2.05, 4.69) is 0 Å². The average Bonchev–Trinajstić information content (AvgIpc) is 2.93. The van der Waals surface area contributed by atoms with E-state index >= 15 is 0 Å². The molecular formula is C15H18ClN3O6S. The number of hydrogen-bond donors (Lipinski definition) is 0. The Morgan fingerprint density at radius 3 is 2.50 bits per heavy atom. The van der Waals surface area contributed by atoms with Crippen LogP contribution in [0, 0.1) is 10.1 Å². The second-order valence-electron chi connectivity index (χ2n) is 6.35. The van der Waals surface area contributed by atoms with Crippen LogP contribution in [-0.2, 0) is 14.8 Å². The van der Waals surface area contributed by atoms with Gasteiger partial charge < -0.3 is 9.64 Å². The molecule has 1 aromatic carbocycles. The van der Waals surface area contributed by atoms with Crippen LogP contribution in [0.4, 0.5) is 10.5 Å². The van der Waals surface area contributed by atoms with Gasteiger partial charge in [0.2, 0.25) is 10.0 Å². The number of piperidine rings is 1. The van der Waals surface area contributed by atoms with Crippen molar-refractivity contribution in [2.75, 3.05) is 19.6 Å². The highest BCUT2D eigenvalue weighted by Gasteiger charge is 2.38. The highest BCUT2D eigenvalue weighted by molar-refractivity contribution is 7.89. The van der Waals surface area contributed by atoms with Crippen molar-refractivity contribution in [1.82, 2.24) is 9.21 Å². The first-order valence-corrected chi connectivity index (χ1v) is 9.93. The van der Waals surface area contributed by atoms with Crippen molar-refractivity contribution in [2.45, 2.75) is 36.8 Å². The van der Waals surface area contributed by atoms with Gasteiger partial charge in [-0.15, -0.1) is 0 Å². The summed E-state index contributed by atoms with van der Waals surface area (Å²) < 4.78 is 31.9. The summed E-state index contributed by atoms with van der Waals surface area (Å²) in [4.78, 5) is 23.6. The van der Waals surface area contributed by atoms with Crippen molar-refractivity contribution in [3.63, 3.8) is 0 Å². The molecule has 0 spiro atoms. The van der Waals surface area contributed by atoms with Crippen molar-refractivity contribution in [1.29, 1.82) is 0 Å². The Morgan fingerprint density at radius 2 is 1.96 bits per heavy atom. The van der Waals surface area contributed by atoms with Gasteiger partial charge in [-0.25, -0.2) is 13.2 Å². The molecule has 1 amide bonds. The topological polar surface area (TPSA) is 110 Å².